The molecule has 0 unspecified atom stereocenters. The standard InChI is InChI=1S/C16H16Cl2N2O4S/c1-9-5-14(20-24-9)19-16(22)10(2)25-8-15(21)23-7-11-3-4-12(17)6-13(11)18/h3-6,10H,7-8H2,1-2H3,(H,19,20,22)/t10-/m1/s1. The van der Waals surface area contributed by atoms with Gasteiger partial charge >= 0.3 is 5.97 Å². The van der Waals surface area contributed by atoms with Gasteiger partial charge in [0.2, 0.25) is 5.91 Å². The first-order valence-electron chi connectivity index (χ1n) is 7.30. The summed E-state index contributed by atoms with van der Waals surface area (Å²) in [6.07, 6.45) is 0. The minimum absolute atomic E-state index is 0.0393. The fraction of sp³-hybridized carbons (Fsp3) is 0.312. The molecule has 9 heteroatoms. The van der Waals surface area contributed by atoms with E-state index in [9.17, 15) is 9.59 Å². The molecule has 0 aliphatic heterocycles. The maximum Gasteiger partial charge on any atom is 0.316 e. The minimum atomic E-state index is -0.455. The number of hydrogen-bond donors (Lipinski definition) is 1. The molecule has 6 nitrogen and oxygen atoms in total. The molecule has 2 aromatic rings. The van der Waals surface area contributed by atoms with E-state index < -0.39 is 11.2 Å². The number of carbonyl (C=O) groups excluding carboxylic acids is 2. The van der Waals surface area contributed by atoms with E-state index in [2.05, 4.69) is 10.5 Å². The zero-order valence-corrected chi connectivity index (χ0v) is 15.9. The van der Waals surface area contributed by atoms with Gasteiger partial charge in [0.15, 0.2) is 5.82 Å². The number of nitrogens with one attached hydrogen (secondary N) is 1. The van der Waals surface area contributed by atoms with Crippen LogP contribution in [0.1, 0.15) is 18.2 Å². The maximum absolute atomic E-state index is 12.0. The second-order valence-corrected chi connectivity index (χ2v) is 7.33. The Morgan fingerprint density at radius 1 is 1.36 bits per heavy atom. The molecule has 1 aromatic carbocycles. The third-order valence-electron chi connectivity index (χ3n) is 3.10. The van der Waals surface area contributed by atoms with Crippen molar-refractivity contribution in [1.82, 2.24) is 5.16 Å². The van der Waals surface area contributed by atoms with Crippen LogP contribution in [0.25, 0.3) is 0 Å². The molecule has 0 aliphatic carbocycles. The predicted molar refractivity (Wildman–Crippen MR) is 98.0 cm³/mol. The van der Waals surface area contributed by atoms with E-state index in [0.717, 1.165) is 11.8 Å². The van der Waals surface area contributed by atoms with Gasteiger partial charge in [-0.2, -0.15) is 0 Å². The third kappa shape index (κ3) is 6.26. The molecular formula is C16H16Cl2N2O4S. The van der Waals surface area contributed by atoms with Crippen molar-refractivity contribution in [1.29, 1.82) is 0 Å². The number of amides is 1. The van der Waals surface area contributed by atoms with Gasteiger partial charge in [0.25, 0.3) is 0 Å². The highest BCUT2D eigenvalue weighted by atomic mass is 35.5. The molecule has 0 saturated heterocycles. The number of benzene rings is 1. The van der Waals surface area contributed by atoms with Gasteiger partial charge in [-0.25, -0.2) is 0 Å². The fourth-order valence-corrected chi connectivity index (χ4v) is 2.90. The van der Waals surface area contributed by atoms with Crippen LogP contribution in [0.15, 0.2) is 28.8 Å². The Balaban J connectivity index is 1.74. The summed E-state index contributed by atoms with van der Waals surface area (Å²) >= 11 is 13.0. The van der Waals surface area contributed by atoms with Crippen molar-refractivity contribution < 1.29 is 18.8 Å². The lowest BCUT2D eigenvalue weighted by Crippen LogP contribution is -2.24. The molecule has 25 heavy (non-hydrogen) atoms. The van der Waals surface area contributed by atoms with Crippen molar-refractivity contribution in [3.63, 3.8) is 0 Å². The molecule has 0 aliphatic rings. The van der Waals surface area contributed by atoms with Gasteiger partial charge in [-0.15, -0.1) is 11.8 Å². The number of rotatable bonds is 7. The minimum Gasteiger partial charge on any atom is -0.460 e. The molecular weight excluding hydrogens is 387 g/mol. The molecule has 1 N–H and O–H groups in total. The Labute approximate surface area is 159 Å². The SMILES string of the molecule is Cc1cc(NC(=O)[C@@H](C)SCC(=O)OCc2ccc(Cl)cc2Cl)no1. The normalized spacial score (nSPS) is 11.8. The Morgan fingerprint density at radius 2 is 2.12 bits per heavy atom. The molecule has 1 heterocycles. The monoisotopic (exact) mass is 402 g/mol. The number of nitrogens with zero attached hydrogens (tertiary/aromatic N) is 1. The van der Waals surface area contributed by atoms with Crippen molar-refractivity contribution >= 4 is 52.7 Å². The summed E-state index contributed by atoms with van der Waals surface area (Å²) < 4.78 is 10.0. The highest BCUT2D eigenvalue weighted by molar-refractivity contribution is 8.01. The number of ether oxygens (including phenoxy) is 1. The van der Waals surface area contributed by atoms with Gasteiger partial charge in [-0.1, -0.05) is 34.4 Å². The van der Waals surface area contributed by atoms with E-state index >= 15 is 0 Å². The molecule has 0 fully saturated rings. The summed E-state index contributed by atoms with van der Waals surface area (Å²) in [5, 5.41) is 6.78. The lowest BCUT2D eigenvalue weighted by atomic mass is 10.2. The number of hydrogen-bond acceptors (Lipinski definition) is 6. The molecule has 2 rings (SSSR count). The van der Waals surface area contributed by atoms with E-state index in [-0.39, 0.29) is 18.3 Å². The Morgan fingerprint density at radius 3 is 2.76 bits per heavy atom. The lowest BCUT2D eigenvalue weighted by Gasteiger charge is -2.10. The zero-order chi connectivity index (χ0) is 18.4. The van der Waals surface area contributed by atoms with Crippen LogP contribution in [0.4, 0.5) is 5.82 Å². The molecule has 1 amide bonds. The number of anilines is 1. The van der Waals surface area contributed by atoms with Crippen LogP contribution in [0.2, 0.25) is 10.0 Å². The van der Waals surface area contributed by atoms with Crippen molar-refractivity contribution in [2.75, 3.05) is 11.1 Å². The molecule has 134 valence electrons. The third-order valence-corrected chi connectivity index (χ3v) is 4.81. The van der Waals surface area contributed by atoms with Crippen LogP contribution in [0.3, 0.4) is 0 Å². The summed E-state index contributed by atoms with van der Waals surface area (Å²) in [5.41, 5.74) is 0.664. The van der Waals surface area contributed by atoms with Crippen molar-refractivity contribution in [3.8, 4) is 0 Å². The lowest BCUT2D eigenvalue weighted by molar-refractivity contribution is -0.141. The molecule has 1 aromatic heterocycles. The average molecular weight is 403 g/mol. The van der Waals surface area contributed by atoms with Crippen LogP contribution >= 0.6 is 35.0 Å². The van der Waals surface area contributed by atoms with Crippen molar-refractivity contribution in [2.24, 2.45) is 0 Å². The number of aryl methyl sites for hydroxylation is 1. The number of halogens is 2. The number of esters is 1. The average Bonchev–Trinajstić information content (AvgIpc) is 2.96. The van der Waals surface area contributed by atoms with Gasteiger partial charge in [-0.05, 0) is 26.0 Å². The maximum atomic E-state index is 12.0. The zero-order valence-electron chi connectivity index (χ0n) is 13.5. The second kappa shape index (κ2) is 9.12. The summed E-state index contributed by atoms with van der Waals surface area (Å²) in [5.74, 6) is 0.271. The molecule has 1 atom stereocenters. The summed E-state index contributed by atoms with van der Waals surface area (Å²) in [6.45, 7) is 3.47. The first-order valence-corrected chi connectivity index (χ1v) is 9.11. The van der Waals surface area contributed by atoms with E-state index in [0.29, 0.717) is 27.2 Å². The molecule has 0 bridgehead atoms. The fourth-order valence-electron chi connectivity index (χ4n) is 1.76. The van der Waals surface area contributed by atoms with Gasteiger partial charge in [-0.3, -0.25) is 9.59 Å². The van der Waals surface area contributed by atoms with Crippen LogP contribution in [0, 0.1) is 6.92 Å². The van der Waals surface area contributed by atoms with E-state index in [4.69, 9.17) is 32.5 Å². The second-order valence-electron chi connectivity index (χ2n) is 5.16. The van der Waals surface area contributed by atoms with Crippen LogP contribution in [-0.2, 0) is 20.9 Å². The van der Waals surface area contributed by atoms with Crippen LogP contribution < -0.4 is 5.32 Å². The van der Waals surface area contributed by atoms with Crippen LogP contribution in [0.5, 0.6) is 0 Å². The van der Waals surface area contributed by atoms with Crippen LogP contribution in [-0.4, -0.2) is 28.0 Å². The van der Waals surface area contributed by atoms with Gasteiger partial charge in [0, 0.05) is 21.7 Å². The quantitative estimate of drug-likeness (QED) is 0.702. The summed E-state index contributed by atoms with van der Waals surface area (Å²) in [7, 11) is 0. The highest BCUT2D eigenvalue weighted by Crippen LogP contribution is 2.22. The smallest absolute Gasteiger partial charge is 0.316 e. The van der Waals surface area contributed by atoms with E-state index in [1.54, 1.807) is 38.1 Å². The van der Waals surface area contributed by atoms with E-state index in [1.807, 2.05) is 0 Å². The Kier molecular flexibility index (Phi) is 7.16. The first kappa shape index (κ1) is 19.6. The Bertz CT molecular complexity index is 766. The number of thioether (sulfide) groups is 1. The predicted octanol–water partition coefficient (Wildman–Crippen LogP) is 4.09. The topological polar surface area (TPSA) is 81.4 Å². The molecule has 0 radical (unpaired) electrons. The number of carbonyl (C=O) groups is 2. The van der Waals surface area contributed by atoms with E-state index in [1.165, 1.54) is 0 Å². The highest BCUT2D eigenvalue weighted by Gasteiger charge is 2.17. The van der Waals surface area contributed by atoms with Gasteiger partial charge in [0.05, 0.1) is 11.0 Å². The largest absolute Gasteiger partial charge is 0.460 e. The van der Waals surface area contributed by atoms with Gasteiger partial charge < -0.3 is 14.6 Å². The first-order chi connectivity index (χ1) is 11.8. The summed E-state index contributed by atoms with van der Waals surface area (Å²) in [6, 6.07) is 6.56. The molecule has 0 saturated carbocycles. The van der Waals surface area contributed by atoms with Crippen molar-refractivity contribution in [2.45, 2.75) is 25.7 Å². The Hall–Kier alpha value is -1.70. The molecule has 0 spiro atoms. The number of aromatic nitrogens is 1. The van der Waals surface area contributed by atoms with Crippen molar-refractivity contribution in [3.05, 3.63) is 45.6 Å². The van der Waals surface area contributed by atoms with Gasteiger partial charge in [0.1, 0.15) is 12.4 Å². The summed E-state index contributed by atoms with van der Waals surface area (Å²) in [4.78, 5) is 23.8.